The smallest absolute Gasteiger partial charge is 0.257 e. The predicted octanol–water partition coefficient (Wildman–Crippen LogP) is 5.73. The molecule has 0 atom stereocenters. The predicted molar refractivity (Wildman–Crippen MR) is 101 cm³/mol. The summed E-state index contributed by atoms with van der Waals surface area (Å²) in [5, 5.41) is 4.44. The number of aromatic nitrogens is 1. The Hall–Kier alpha value is -1.62. The zero-order valence-corrected chi connectivity index (χ0v) is 15.1. The van der Waals surface area contributed by atoms with Gasteiger partial charge in [-0.05, 0) is 61.1 Å². The normalized spacial score (nSPS) is 13.8. The fraction of sp³-hybridized carbons (Fsp3) is 0.222. The topological polar surface area (TPSA) is 42.0 Å². The zero-order chi connectivity index (χ0) is 16.7. The van der Waals surface area contributed by atoms with Gasteiger partial charge in [-0.2, -0.15) is 0 Å². The van der Waals surface area contributed by atoms with Crippen LogP contribution in [0.1, 0.15) is 34.3 Å². The number of hydrogen-bond donors (Lipinski definition) is 1. The summed E-state index contributed by atoms with van der Waals surface area (Å²) in [6.45, 7) is 0. The summed E-state index contributed by atoms with van der Waals surface area (Å²) >= 11 is 13.5. The Morgan fingerprint density at radius 1 is 1.08 bits per heavy atom. The molecule has 3 aromatic rings. The van der Waals surface area contributed by atoms with Crippen molar-refractivity contribution in [2.75, 3.05) is 5.32 Å². The van der Waals surface area contributed by atoms with Crippen LogP contribution in [0.15, 0.2) is 30.3 Å². The van der Waals surface area contributed by atoms with Crippen molar-refractivity contribution in [3.63, 3.8) is 0 Å². The first-order valence-electron chi connectivity index (χ1n) is 7.79. The molecule has 0 aliphatic heterocycles. The second-order valence-electron chi connectivity index (χ2n) is 5.90. The average Bonchev–Trinajstić information content (AvgIpc) is 2.97. The Morgan fingerprint density at radius 3 is 2.71 bits per heavy atom. The van der Waals surface area contributed by atoms with Crippen LogP contribution < -0.4 is 5.32 Å². The van der Waals surface area contributed by atoms with Crippen molar-refractivity contribution in [2.24, 2.45) is 0 Å². The Bertz CT molecular complexity index is 952. The maximum Gasteiger partial charge on any atom is 0.257 e. The number of anilines is 1. The molecule has 0 fully saturated rings. The van der Waals surface area contributed by atoms with Crippen LogP contribution in [-0.4, -0.2) is 10.9 Å². The third-order valence-corrected chi connectivity index (χ3v) is 5.67. The number of hydrogen-bond acceptors (Lipinski definition) is 3. The molecule has 0 unspecified atom stereocenters. The van der Waals surface area contributed by atoms with Crippen LogP contribution in [0, 0.1) is 0 Å². The van der Waals surface area contributed by atoms with Gasteiger partial charge in [-0.3, -0.25) is 10.1 Å². The van der Waals surface area contributed by atoms with Crippen LogP contribution in [0.3, 0.4) is 0 Å². The lowest BCUT2D eigenvalue weighted by Crippen LogP contribution is -2.13. The number of thiazole rings is 1. The second kappa shape index (κ2) is 6.36. The molecule has 0 saturated heterocycles. The number of carbonyl (C=O) groups is 1. The number of benzene rings is 2. The highest BCUT2D eigenvalue weighted by molar-refractivity contribution is 7.22. The highest BCUT2D eigenvalue weighted by Crippen LogP contribution is 2.34. The van der Waals surface area contributed by atoms with E-state index < -0.39 is 0 Å². The van der Waals surface area contributed by atoms with Crippen molar-refractivity contribution >= 4 is 55.8 Å². The molecule has 1 aromatic heterocycles. The Labute approximate surface area is 153 Å². The van der Waals surface area contributed by atoms with Crippen molar-refractivity contribution in [1.82, 2.24) is 4.98 Å². The summed E-state index contributed by atoms with van der Waals surface area (Å²) in [5.74, 6) is -0.148. The van der Waals surface area contributed by atoms with Crippen molar-refractivity contribution in [1.29, 1.82) is 0 Å². The molecule has 0 bridgehead atoms. The van der Waals surface area contributed by atoms with Gasteiger partial charge >= 0.3 is 0 Å². The minimum absolute atomic E-state index is 0.148. The molecule has 0 radical (unpaired) electrons. The fourth-order valence-corrected chi connectivity index (χ4v) is 4.64. The molecule has 6 heteroatoms. The number of halogens is 2. The van der Waals surface area contributed by atoms with Crippen molar-refractivity contribution in [3.8, 4) is 0 Å². The molecule has 2 aromatic carbocycles. The van der Waals surface area contributed by atoms with Gasteiger partial charge in [0.05, 0.1) is 9.72 Å². The van der Waals surface area contributed by atoms with Crippen molar-refractivity contribution < 1.29 is 4.79 Å². The first-order chi connectivity index (χ1) is 11.6. The van der Waals surface area contributed by atoms with E-state index in [1.807, 2.05) is 12.1 Å². The number of nitrogens with one attached hydrogen (secondary N) is 1. The maximum absolute atomic E-state index is 12.5. The first kappa shape index (κ1) is 15.9. The quantitative estimate of drug-likeness (QED) is 0.619. The van der Waals surface area contributed by atoms with Crippen LogP contribution >= 0.6 is 34.5 Å². The molecule has 1 aliphatic carbocycles. The average molecular weight is 377 g/mol. The number of aryl methyl sites for hydroxylation is 2. The molecule has 122 valence electrons. The highest BCUT2D eigenvalue weighted by atomic mass is 35.5. The molecule has 4 rings (SSSR count). The zero-order valence-electron chi connectivity index (χ0n) is 12.7. The number of fused-ring (bicyclic) bond motifs is 2. The van der Waals surface area contributed by atoms with E-state index in [4.69, 9.17) is 23.2 Å². The van der Waals surface area contributed by atoms with Crippen LogP contribution in [0.25, 0.3) is 10.2 Å². The summed E-state index contributed by atoms with van der Waals surface area (Å²) in [5.41, 5.74) is 3.97. The van der Waals surface area contributed by atoms with Gasteiger partial charge in [0.1, 0.15) is 5.52 Å². The largest absolute Gasteiger partial charge is 0.298 e. The van der Waals surface area contributed by atoms with E-state index in [0.29, 0.717) is 26.3 Å². The molecular weight excluding hydrogens is 363 g/mol. The summed E-state index contributed by atoms with van der Waals surface area (Å²) in [7, 11) is 0. The van der Waals surface area contributed by atoms with Gasteiger partial charge in [-0.1, -0.05) is 40.6 Å². The Kier molecular flexibility index (Phi) is 4.21. The van der Waals surface area contributed by atoms with Gasteiger partial charge in [0.2, 0.25) is 0 Å². The van der Waals surface area contributed by atoms with Gasteiger partial charge in [0.25, 0.3) is 5.91 Å². The van der Waals surface area contributed by atoms with E-state index in [-0.39, 0.29) is 5.91 Å². The van der Waals surface area contributed by atoms with Gasteiger partial charge in [-0.25, -0.2) is 4.98 Å². The Balaban J connectivity index is 1.61. The van der Waals surface area contributed by atoms with Crippen molar-refractivity contribution in [3.05, 3.63) is 57.1 Å². The van der Waals surface area contributed by atoms with E-state index in [2.05, 4.69) is 16.4 Å². The first-order valence-corrected chi connectivity index (χ1v) is 9.36. The standard InChI is InChI=1S/C18H14Cl2N2OS/c19-13-8-14(20)16-15(9-13)24-18(21-16)22-17(23)12-6-5-10-3-1-2-4-11(10)7-12/h5-9H,1-4H2,(H,21,22,23). The Morgan fingerprint density at radius 2 is 1.88 bits per heavy atom. The molecule has 1 heterocycles. The summed E-state index contributed by atoms with van der Waals surface area (Å²) in [4.78, 5) is 16.9. The molecule has 3 nitrogen and oxygen atoms in total. The highest BCUT2D eigenvalue weighted by Gasteiger charge is 2.15. The molecule has 24 heavy (non-hydrogen) atoms. The molecule has 0 saturated carbocycles. The SMILES string of the molecule is O=C(Nc1nc2c(Cl)cc(Cl)cc2s1)c1ccc2c(c1)CCCC2. The lowest BCUT2D eigenvalue weighted by Gasteiger charge is -2.16. The van der Waals surface area contributed by atoms with E-state index in [1.54, 1.807) is 12.1 Å². The fourth-order valence-electron chi connectivity index (χ4n) is 3.05. The monoisotopic (exact) mass is 376 g/mol. The minimum atomic E-state index is -0.148. The van der Waals surface area contributed by atoms with Gasteiger partial charge in [-0.15, -0.1) is 0 Å². The van der Waals surface area contributed by atoms with Crippen molar-refractivity contribution in [2.45, 2.75) is 25.7 Å². The third-order valence-electron chi connectivity index (χ3n) is 4.24. The third kappa shape index (κ3) is 3.02. The van der Waals surface area contributed by atoms with Gasteiger partial charge < -0.3 is 0 Å². The molecular formula is C18H14Cl2N2OS. The number of rotatable bonds is 2. The lowest BCUT2D eigenvalue weighted by molar-refractivity contribution is 0.102. The van der Waals surface area contributed by atoms with Gasteiger partial charge in [0, 0.05) is 10.6 Å². The number of nitrogens with zero attached hydrogens (tertiary/aromatic N) is 1. The van der Waals surface area contributed by atoms with Gasteiger partial charge in [0.15, 0.2) is 5.13 Å². The van der Waals surface area contributed by atoms with Crippen LogP contribution in [0.4, 0.5) is 5.13 Å². The molecule has 1 amide bonds. The van der Waals surface area contributed by atoms with Crippen LogP contribution in [0.2, 0.25) is 10.0 Å². The number of carbonyl (C=O) groups excluding carboxylic acids is 1. The lowest BCUT2D eigenvalue weighted by atomic mass is 9.90. The van der Waals surface area contributed by atoms with E-state index in [0.717, 1.165) is 17.5 Å². The van der Waals surface area contributed by atoms with Crippen LogP contribution in [-0.2, 0) is 12.8 Å². The van der Waals surface area contributed by atoms with Crippen LogP contribution in [0.5, 0.6) is 0 Å². The second-order valence-corrected chi connectivity index (χ2v) is 7.77. The molecule has 0 spiro atoms. The van der Waals surface area contributed by atoms with E-state index >= 15 is 0 Å². The summed E-state index contributed by atoms with van der Waals surface area (Å²) < 4.78 is 0.855. The number of amides is 1. The minimum Gasteiger partial charge on any atom is -0.298 e. The summed E-state index contributed by atoms with van der Waals surface area (Å²) in [6.07, 6.45) is 4.57. The molecule has 1 N–H and O–H groups in total. The van der Waals surface area contributed by atoms with E-state index in [1.165, 1.54) is 35.3 Å². The van der Waals surface area contributed by atoms with E-state index in [9.17, 15) is 4.79 Å². The maximum atomic E-state index is 12.5. The molecule has 1 aliphatic rings. The summed E-state index contributed by atoms with van der Waals surface area (Å²) in [6, 6.07) is 9.41.